The van der Waals surface area contributed by atoms with Gasteiger partial charge in [0.25, 0.3) is 0 Å². The highest BCUT2D eigenvalue weighted by Crippen LogP contribution is 2.60. The molecule has 3 fully saturated rings. The molecule has 0 aliphatic heterocycles. The molecule has 7 atom stereocenters. The Bertz CT molecular complexity index is 696. The van der Waals surface area contributed by atoms with Crippen LogP contribution >= 0.6 is 0 Å². The van der Waals surface area contributed by atoms with Gasteiger partial charge in [-0.3, -0.25) is 0 Å². The summed E-state index contributed by atoms with van der Waals surface area (Å²) in [5.41, 5.74) is 3.06. The van der Waals surface area contributed by atoms with Crippen LogP contribution in [0.1, 0.15) is 92.4 Å². The predicted molar refractivity (Wildman–Crippen MR) is 129 cm³/mol. The van der Waals surface area contributed by atoms with Crippen molar-refractivity contribution in [2.75, 3.05) is 0 Å². The summed E-state index contributed by atoms with van der Waals surface area (Å²) in [6, 6.07) is 0. The molecule has 0 radical (unpaired) electrons. The number of allylic oxidation sites excluding steroid dienone is 3. The third kappa shape index (κ3) is 5.54. The summed E-state index contributed by atoms with van der Waals surface area (Å²) in [7, 11) is 0. The lowest BCUT2D eigenvalue weighted by Gasteiger charge is -2.45. The summed E-state index contributed by atoms with van der Waals surface area (Å²) in [6.07, 6.45) is 12.8. The largest absolute Gasteiger partial charge is 0.390 e. The van der Waals surface area contributed by atoms with E-state index in [9.17, 15) is 15.3 Å². The predicted octanol–water partition coefficient (Wildman–Crippen LogP) is 5.95. The molecule has 0 bridgehead atoms. The van der Waals surface area contributed by atoms with E-state index in [4.69, 9.17) is 0 Å². The van der Waals surface area contributed by atoms with E-state index in [1.54, 1.807) is 5.57 Å². The summed E-state index contributed by atoms with van der Waals surface area (Å²) in [5.74, 6) is 2.69. The summed E-state index contributed by atoms with van der Waals surface area (Å²) in [4.78, 5) is 0. The summed E-state index contributed by atoms with van der Waals surface area (Å²) in [6.45, 7) is 15.0. The van der Waals surface area contributed by atoms with Gasteiger partial charge in [-0.2, -0.15) is 0 Å². The molecule has 0 amide bonds. The lowest BCUT2D eigenvalue weighted by molar-refractivity contribution is 0.0447. The summed E-state index contributed by atoms with van der Waals surface area (Å²) in [5, 5.41) is 30.5. The van der Waals surface area contributed by atoms with Gasteiger partial charge in [0, 0.05) is 0 Å². The highest BCUT2D eigenvalue weighted by molar-refractivity contribution is 5.29. The lowest BCUT2D eigenvalue weighted by atomic mass is 9.59. The van der Waals surface area contributed by atoms with E-state index < -0.39 is 17.8 Å². The van der Waals surface area contributed by atoms with Crippen LogP contribution in [-0.2, 0) is 0 Å². The standard InChI is InChI=1S/C28H46O3/c1-18(13-15-27(4,5)31)19(2)23-11-12-24-22(8-7-14-28(23,24)6)10-9-21-16-25(29)20(3)26(30)17-21/h9-10,18-19,23-26,29-31H,3,7-8,11-17H2,1-2,4-6H3/b22-10+/t18-,19+,23+,24-,25+,26+,28+/m0/s1. The average molecular weight is 431 g/mol. The van der Waals surface area contributed by atoms with Gasteiger partial charge >= 0.3 is 0 Å². The number of aliphatic hydroxyl groups excluding tert-OH is 2. The van der Waals surface area contributed by atoms with Crippen LogP contribution in [0.15, 0.2) is 35.5 Å². The zero-order chi connectivity index (χ0) is 23.0. The van der Waals surface area contributed by atoms with Crippen LogP contribution in [0.5, 0.6) is 0 Å². The van der Waals surface area contributed by atoms with Crippen molar-refractivity contribution in [2.45, 2.75) is 110 Å². The number of aliphatic hydroxyl groups is 3. The first-order valence-corrected chi connectivity index (χ1v) is 12.6. The van der Waals surface area contributed by atoms with Gasteiger partial charge in [-0.05, 0) is 106 Å². The molecule has 3 aliphatic carbocycles. The molecular formula is C28H46O3. The molecule has 0 heterocycles. The third-order valence-corrected chi connectivity index (χ3v) is 9.08. The molecule has 0 unspecified atom stereocenters. The van der Waals surface area contributed by atoms with E-state index in [2.05, 4.69) is 39.5 Å². The molecule has 3 rings (SSSR count). The van der Waals surface area contributed by atoms with Crippen molar-refractivity contribution in [1.29, 1.82) is 0 Å². The minimum Gasteiger partial charge on any atom is -0.390 e. The molecule has 3 aliphatic rings. The van der Waals surface area contributed by atoms with E-state index in [0.717, 1.165) is 24.3 Å². The van der Waals surface area contributed by atoms with Crippen molar-refractivity contribution in [3.63, 3.8) is 0 Å². The van der Waals surface area contributed by atoms with Crippen LogP contribution in [0.25, 0.3) is 0 Å². The molecule has 176 valence electrons. The van der Waals surface area contributed by atoms with Gasteiger partial charge in [0.1, 0.15) is 0 Å². The van der Waals surface area contributed by atoms with Gasteiger partial charge in [0.2, 0.25) is 0 Å². The minimum absolute atomic E-state index is 0.366. The highest BCUT2D eigenvalue weighted by Gasteiger charge is 2.51. The van der Waals surface area contributed by atoms with Crippen LogP contribution in [-0.4, -0.2) is 33.1 Å². The van der Waals surface area contributed by atoms with Gasteiger partial charge in [0.05, 0.1) is 17.8 Å². The Kier molecular flexibility index (Phi) is 7.61. The first-order valence-electron chi connectivity index (χ1n) is 12.6. The topological polar surface area (TPSA) is 60.7 Å². The SMILES string of the molecule is C=C1[C@H](O)CC(=C/C=C2\CCC[C@]3(C)[C@@H]([C@H](C)[C@@H](C)CCC(C)(C)O)CC[C@@H]23)C[C@H]1O. The Labute approximate surface area is 190 Å². The smallest absolute Gasteiger partial charge is 0.0809 e. The first kappa shape index (κ1) is 24.7. The van der Waals surface area contributed by atoms with Crippen LogP contribution in [0.2, 0.25) is 0 Å². The molecule has 0 spiro atoms. The molecule has 0 aromatic carbocycles. The molecule has 0 aromatic heterocycles. The van der Waals surface area contributed by atoms with Gasteiger partial charge in [-0.25, -0.2) is 0 Å². The van der Waals surface area contributed by atoms with Crippen LogP contribution < -0.4 is 0 Å². The zero-order valence-electron chi connectivity index (χ0n) is 20.5. The third-order valence-electron chi connectivity index (χ3n) is 9.08. The Morgan fingerprint density at radius 2 is 1.77 bits per heavy atom. The van der Waals surface area contributed by atoms with Crippen molar-refractivity contribution in [2.24, 2.45) is 29.1 Å². The van der Waals surface area contributed by atoms with Gasteiger partial charge in [0.15, 0.2) is 0 Å². The quantitative estimate of drug-likeness (QED) is 0.456. The van der Waals surface area contributed by atoms with Crippen LogP contribution in [0.4, 0.5) is 0 Å². The number of hydrogen-bond acceptors (Lipinski definition) is 3. The Hall–Kier alpha value is -0.900. The maximum atomic E-state index is 10.2. The second kappa shape index (κ2) is 9.53. The van der Waals surface area contributed by atoms with Crippen molar-refractivity contribution in [3.05, 3.63) is 35.5 Å². The molecule has 31 heavy (non-hydrogen) atoms. The van der Waals surface area contributed by atoms with Gasteiger partial charge in [-0.1, -0.05) is 50.6 Å². The minimum atomic E-state index is -0.618. The van der Waals surface area contributed by atoms with Crippen LogP contribution in [0, 0.1) is 29.1 Å². The molecule has 0 saturated heterocycles. The monoisotopic (exact) mass is 430 g/mol. The lowest BCUT2D eigenvalue weighted by Crippen LogP contribution is -2.37. The van der Waals surface area contributed by atoms with Crippen LogP contribution in [0.3, 0.4) is 0 Å². The fraction of sp³-hybridized carbons (Fsp3) is 0.786. The number of fused-ring (bicyclic) bond motifs is 1. The second-order valence-electron chi connectivity index (χ2n) is 11.9. The zero-order valence-corrected chi connectivity index (χ0v) is 20.5. The molecule has 0 aromatic rings. The fourth-order valence-corrected chi connectivity index (χ4v) is 6.81. The van der Waals surface area contributed by atoms with E-state index in [0.29, 0.717) is 41.6 Å². The second-order valence-corrected chi connectivity index (χ2v) is 11.9. The summed E-state index contributed by atoms with van der Waals surface area (Å²) >= 11 is 0. The Morgan fingerprint density at radius 3 is 2.39 bits per heavy atom. The molecule has 3 nitrogen and oxygen atoms in total. The first-order chi connectivity index (χ1) is 14.4. The molecule has 3 saturated carbocycles. The maximum Gasteiger partial charge on any atom is 0.0809 e. The van der Waals surface area contributed by atoms with Gasteiger partial charge < -0.3 is 15.3 Å². The summed E-state index contributed by atoms with van der Waals surface area (Å²) < 4.78 is 0. The van der Waals surface area contributed by atoms with E-state index >= 15 is 0 Å². The van der Waals surface area contributed by atoms with E-state index in [1.807, 2.05) is 13.8 Å². The van der Waals surface area contributed by atoms with Gasteiger partial charge in [-0.15, -0.1) is 0 Å². The normalized spacial score (nSPS) is 37.6. The molecule has 3 N–H and O–H groups in total. The fourth-order valence-electron chi connectivity index (χ4n) is 6.81. The van der Waals surface area contributed by atoms with Crippen molar-refractivity contribution in [3.8, 4) is 0 Å². The average Bonchev–Trinajstić information content (AvgIpc) is 3.04. The number of rotatable bonds is 6. The Morgan fingerprint density at radius 1 is 1.13 bits per heavy atom. The van der Waals surface area contributed by atoms with Crippen molar-refractivity contribution in [1.82, 2.24) is 0 Å². The molecular weight excluding hydrogens is 384 g/mol. The number of hydrogen-bond donors (Lipinski definition) is 3. The molecule has 3 heteroatoms. The van der Waals surface area contributed by atoms with Crippen molar-refractivity contribution < 1.29 is 15.3 Å². The highest BCUT2D eigenvalue weighted by atomic mass is 16.3. The van der Waals surface area contributed by atoms with E-state index in [-0.39, 0.29) is 0 Å². The van der Waals surface area contributed by atoms with E-state index in [1.165, 1.54) is 32.1 Å². The Balaban J connectivity index is 1.71. The maximum absolute atomic E-state index is 10.2. The van der Waals surface area contributed by atoms with Crippen molar-refractivity contribution >= 4 is 0 Å².